The second kappa shape index (κ2) is 7.44. The van der Waals surface area contributed by atoms with Crippen LogP contribution in [0, 0.1) is 6.92 Å². The van der Waals surface area contributed by atoms with E-state index in [-0.39, 0.29) is 11.3 Å². The summed E-state index contributed by atoms with van der Waals surface area (Å²) in [7, 11) is 0. The molecule has 0 aliphatic rings. The lowest BCUT2D eigenvalue weighted by molar-refractivity contribution is 0.474. The first-order chi connectivity index (χ1) is 13.5. The largest absolute Gasteiger partial charge is 0.507 e. The number of hydrogen-bond donors (Lipinski definition) is 1. The van der Waals surface area contributed by atoms with Crippen molar-refractivity contribution in [1.29, 1.82) is 0 Å². The Hall–Kier alpha value is -3.18. The third-order valence-corrected chi connectivity index (χ3v) is 4.99. The van der Waals surface area contributed by atoms with Crippen molar-refractivity contribution in [3.05, 3.63) is 98.5 Å². The molecule has 5 heteroatoms. The molecular formula is C23H17BrN2O2. The summed E-state index contributed by atoms with van der Waals surface area (Å²) in [6.45, 7) is 2.00. The van der Waals surface area contributed by atoms with Crippen molar-refractivity contribution in [3.63, 3.8) is 0 Å². The van der Waals surface area contributed by atoms with Crippen LogP contribution in [-0.4, -0.2) is 14.7 Å². The highest BCUT2D eigenvalue weighted by molar-refractivity contribution is 9.10. The molecule has 1 aromatic heterocycles. The minimum atomic E-state index is -0.132. The van der Waals surface area contributed by atoms with Crippen LogP contribution in [0.15, 0.2) is 76.0 Å². The predicted molar refractivity (Wildman–Crippen MR) is 117 cm³/mol. The van der Waals surface area contributed by atoms with Crippen LogP contribution in [0.2, 0.25) is 0 Å². The van der Waals surface area contributed by atoms with Gasteiger partial charge in [0.15, 0.2) is 0 Å². The predicted octanol–water partition coefficient (Wildman–Crippen LogP) is 5.33. The standard InChI is InChI=1S/C23H17BrN2O2/c1-15-6-10-18(11-7-15)26-22(13-8-16-14-17(24)9-12-21(16)27)25-20-5-3-2-4-19(20)23(26)28/h2-14,27H,1H3. The number of halogens is 1. The average molecular weight is 433 g/mol. The van der Waals surface area contributed by atoms with Gasteiger partial charge in [-0.05, 0) is 61.5 Å². The van der Waals surface area contributed by atoms with E-state index >= 15 is 0 Å². The van der Waals surface area contributed by atoms with Crippen molar-refractivity contribution < 1.29 is 5.11 Å². The normalized spacial score (nSPS) is 11.4. The number of aryl methyl sites for hydroxylation is 1. The van der Waals surface area contributed by atoms with Gasteiger partial charge in [0.05, 0.1) is 16.6 Å². The molecule has 0 saturated heterocycles. The first kappa shape index (κ1) is 18.2. The Morgan fingerprint density at radius 1 is 1.00 bits per heavy atom. The number of phenolic OH excluding ortho intramolecular Hbond substituents is 1. The Balaban J connectivity index is 1.94. The number of para-hydroxylation sites is 1. The van der Waals surface area contributed by atoms with Crippen LogP contribution in [0.1, 0.15) is 17.0 Å². The summed E-state index contributed by atoms with van der Waals surface area (Å²) < 4.78 is 2.44. The molecule has 0 amide bonds. The van der Waals surface area contributed by atoms with E-state index in [9.17, 15) is 9.90 Å². The van der Waals surface area contributed by atoms with E-state index in [1.165, 1.54) is 0 Å². The fraction of sp³-hybridized carbons (Fsp3) is 0.0435. The quantitative estimate of drug-likeness (QED) is 0.475. The lowest BCUT2D eigenvalue weighted by Crippen LogP contribution is -2.22. The highest BCUT2D eigenvalue weighted by atomic mass is 79.9. The molecule has 1 heterocycles. The van der Waals surface area contributed by atoms with E-state index in [4.69, 9.17) is 0 Å². The molecule has 0 radical (unpaired) electrons. The van der Waals surface area contributed by atoms with Crippen LogP contribution >= 0.6 is 15.9 Å². The van der Waals surface area contributed by atoms with Crippen LogP contribution in [0.5, 0.6) is 5.75 Å². The highest BCUT2D eigenvalue weighted by Gasteiger charge is 2.11. The van der Waals surface area contributed by atoms with Crippen molar-refractivity contribution in [3.8, 4) is 11.4 Å². The molecule has 3 aromatic carbocycles. The highest BCUT2D eigenvalue weighted by Crippen LogP contribution is 2.24. The molecule has 4 rings (SSSR count). The summed E-state index contributed by atoms with van der Waals surface area (Å²) in [5.41, 5.74) is 2.99. The Kier molecular flexibility index (Phi) is 4.84. The van der Waals surface area contributed by atoms with E-state index in [0.29, 0.717) is 22.3 Å². The number of aromatic hydroxyl groups is 1. The maximum atomic E-state index is 13.2. The van der Waals surface area contributed by atoms with E-state index in [1.807, 2.05) is 49.4 Å². The molecule has 0 aliphatic heterocycles. The van der Waals surface area contributed by atoms with Gasteiger partial charge in [-0.2, -0.15) is 0 Å². The minimum Gasteiger partial charge on any atom is -0.507 e. The Morgan fingerprint density at radius 3 is 2.54 bits per heavy atom. The number of nitrogens with zero attached hydrogens (tertiary/aromatic N) is 2. The summed E-state index contributed by atoms with van der Waals surface area (Å²) in [6, 6.07) is 20.2. The van der Waals surface area contributed by atoms with Gasteiger partial charge in [-0.3, -0.25) is 9.36 Å². The molecule has 0 unspecified atom stereocenters. The van der Waals surface area contributed by atoms with Gasteiger partial charge >= 0.3 is 0 Å². The smallest absolute Gasteiger partial charge is 0.266 e. The van der Waals surface area contributed by atoms with Gasteiger partial charge in [-0.25, -0.2) is 4.98 Å². The molecule has 0 bridgehead atoms. The summed E-state index contributed by atoms with van der Waals surface area (Å²) in [5, 5.41) is 10.7. The first-order valence-electron chi connectivity index (χ1n) is 8.78. The lowest BCUT2D eigenvalue weighted by Gasteiger charge is -2.12. The van der Waals surface area contributed by atoms with Gasteiger partial charge in [0.25, 0.3) is 5.56 Å². The van der Waals surface area contributed by atoms with Crippen LogP contribution in [-0.2, 0) is 0 Å². The zero-order valence-corrected chi connectivity index (χ0v) is 16.7. The number of aromatic nitrogens is 2. The number of hydrogen-bond acceptors (Lipinski definition) is 3. The van der Waals surface area contributed by atoms with Gasteiger partial charge in [-0.15, -0.1) is 0 Å². The third-order valence-electron chi connectivity index (χ3n) is 4.50. The summed E-state index contributed by atoms with van der Waals surface area (Å²) in [6.07, 6.45) is 3.50. The van der Waals surface area contributed by atoms with Crippen molar-refractivity contribution >= 4 is 39.0 Å². The Bertz CT molecular complexity index is 1260. The SMILES string of the molecule is Cc1ccc(-n2c(C=Cc3cc(Br)ccc3O)nc3ccccc3c2=O)cc1. The van der Waals surface area contributed by atoms with E-state index in [0.717, 1.165) is 15.7 Å². The topological polar surface area (TPSA) is 55.1 Å². The monoisotopic (exact) mass is 432 g/mol. The Morgan fingerprint density at radius 2 is 1.75 bits per heavy atom. The molecule has 0 atom stereocenters. The average Bonchev–Trinajstić information content (AvgIpc) is 2.70. The van der Waals surface area contributed by atoms with Gasteiger partial charge in [0.1, 0.15) is 11.6 Å². The summed E-state index contributed by atoms with van der Waals surface area (Å²) in [4.78, 5) is 17.9. The molecular weight excluding hydrogens is 416 g/mol. The fourth-order valence-corrected chi connectivity index (χ4v) is 3.41. The van der Waals surface area contributed by atoms with Crippen LogP contribution < -0.4 is 5.56 Å². The molecule has 0 fully saturated rings. The number of phenols is 1. The summed E-state index contributed by atoms with van der Waals surface area (Å²) in [5.74, 6) is 0.649. The second-order valence-corrected chi connectivity index (χ2v) is 7.42. The maximum absolute atomic E-state index is 13.2. The zero-order valence-electron chi connectivity index (χ0n) is 15.1. The minimum absolute atomic E-state index is 0.132. The fourth-order valence-electron chi connectivity index (χ4n) is 3.03. The van der Waals surface area contributed by atoms with Crippen LogP contribution in [0.4, 0.5) is 0 Å². The molecule has 4 nitrogen and oxygen atoms in total. The van der Waals surface area contributed by atoms with Gasteiger partial charge in [-0.1, -0.05) is 45.8 Å². The van der Waals surface area contributed by atoms with Gasteiger partial charge in [0, 0.05) is 10.0 Å². The van der Waals surface area contributed by atoms with Crippen molar-refractivity contribution in [2.45, 2.75) is 6.92 Å². The van der Waals surface area contributed by atoms with Crippen LogP contribution in [0.25, 0.3) is 28.7 Å². The molecule has 0 saturated carbocycles. The molecule has 28 heavy (non-hydrogen) atoms. The maximum Gasteiger partial charge on any atom is 0.266 e. The molecule has 0 aliphatic carbocycles. The van der Waals surface area contributed by atoms with Crippen LogP contribution in [0.3, 0.4) is 0 Å². The zero-order chi connectivity index (χ0) is 19.7. The number of rotatable bonds is 3. The molecule has 1 N–H and O–H groups in total. The third kappa shape index (κ3) is 3.49. The van der Waals surface area contributed by atoms with Crippen molar-refractivity contribution in [1.82, 2.24) is 9.55 Å². The van der Waals surface area contributed by atoms with Gasteiger partial charge in [0.2, 0.25) is 0 Å². The number of benzene rings is 3. The number of fused-ring (bicyclic) bond motifs is 1. The molecule has 138 valence electrons. The molecule has 4 aromatic rings. The molecule has 0 spiro atoms. The lowest BCUT2D eigenvalue weighted by atomic mass is 10.1. The first-order valence-corrected chi connectivity index (χ1v) is 9.58. The summed E-state index contributed by atoms with van der Waals surface area (Å²) >= 11 is 3.41. The van der Waals surface area contributed by atoms with E-state index in [1.54, 1.807) is 41.0 Å². The second-order valence-electron chi connectivity index (χ2n) is 6.50. The van der Waals surface area contributed by atoms with Gasteiger partial charge < -0.3 is 5.11 Å². The van der Waals surface area contributed by atoms with E-state index < -0.39 is 0 Å². The van der Waals surface area contributed by atoms with Crippen molar-refractivity contribution in [2.24, 2.45) is 0 Å². The van der Waals surface area contributed by atoms with E-state index in [2.05, 4.69) is 20.9 Å². The van der Waals surface area contributed by atoms with Crippen molar-refractivity contribution in [2.75, 3.05) is 0 Å². The Labute approximate surface area is 170 Å².